The summed E-state index contributed by atoms with van der Waals surface area (Å²) in [5.41, 5.74) is -3.41. The molecule has 2 atom stereocenters. The fraction of sp³-hybridized carbons (Fsp3) is 0.238. The lowest BCUT2D eigenvalue weighted by atomic mass is 9.86. The second kappa shape index (κ2) is 8.54. The third-order valence-electron chi connectivity index (χ3n) is 4.71. The third kappa shape index (κ3) is 5.13. The third-order valence-corrected chi connectivity index (χ3v) is 5.66. The molecule has 0 radical (unpaired) electrons. The van der Waals surface area contributed by atoms with E-state index in [0.29, 0.717) is 22.4 Å². The van der Waals surface area contributed by atoms with Crippen LogP contribution < -0.4 is 9.50 Å². The van der Waals surface area contributed by atoms with Crippen LogP contribution in [-0.4, -0.2) is 30.9 Å². The summed E-state index contributed by atoms with van der Waals surface area (Å²) in [7, 11) is -5.70. The minimum absolute atomic E-state index is 0.0219. The first kappa shape index (κ1) is 22.5. The van der Waals surface area contributed by atoms with E-state index >= 15 is 0 Å². The van der Waals surface area contributed by atoms with Crippen molar-refractivity contribution in [2.45, 2.75) is 25.4 Å². The molecule has 0 spiro atoms. The van der Waals surface area contributed by atoms with Crippen LogP contribution in [0, 0.1) is 12.8 Å². The van der Waals surface area contributed by atoms with E-state index in [2.05, 4.69) is 20.6 Å². The largest absolute Gasteiger partial charge is 0.534 e. The standard InChI is InChI=1S/C11H8F3NO3S.C10H11NO/c1-7-6-10(18-19(16,17)11(12,13)14)15-9-5-3-2-4-8(7)9;1-7-6-10(12)11-9-5-3-2-4-8(7)9/h2-6H,1H3;2-6,8-9H,1H3,(H,11,12). The van der Waals surface area contributed by atoms with Gasteiger partial charge in [0.1, 0.15) is 0 Å². The Bertz CT molecular complexity index is 1200. The first-order valence-electron chi connectivity index (χ1n) is 9.19. The highest BCUT2D eigenvalue weighted by atomic mass is 32.2. The van der Waals surface area contributed by atoms with E-state index in [4.69, 9.17) is 0 Å². The predicted molar refractivity (Wildman–Crippen MR) is 110 cm³/mol. The number of benzene rings is 1. The zero-order valence-corrected chi connectivity index (χ0v) is 17.4. The number of rotatable bonds is 2. The van der Waals surface area contributed by atoms with Crippen LogP contribution in [0.1, 0.15) is 12.5 Å². The van der Waals surface area contributed by atoms with Gasteiger partial charge in [-0.25, -0.2) is 4.98 Å². The van der Waals surface area contributed by atoms with Crippen molar-refractivity contribution in [3.8, 4) is 5.88 Å². The molecule has 0 bridgehead atoms. The summed E-state index contributed by atoms with van der Waals surface area (Å²) in [4.78, 5) is 14.8. The van der Waals surface area contributed by atoms with Crippen LogP contribution >= 0.6 is 0 Å². The Morgan fingerprint density at radius 3 is 2.48 bits per heavy atom. The molecular weight excluding hydrogens is 433 g/mol. The molecule has 1 N–H and O–H groups in total. The number of alkyl halides is 3. The van der Waals surface area contributed by atoms with Crippen LogP contribution in [0.25, 0.3) is 10.9 Å². The van der Waals surface area contributed by atoms with Gasteiger partial charge in [-0.1, -0.05) is 48.1 Å². The first-order chi connectivity index (χ1) is 14.5. The van der Waals surface area contributed by atoms with Crippen LogP contribution in [0.4, 0.5) is 13.2 Å². The summed E-state index contributed by atoms with van der Waals surface area (Å²) in [6.45, 7) is 3.62. The fourth-order valence-corrected chi connectivity index (χ4v) is 3.61. The molecule has 1 aromatic heterocycles. The van der Waals surface area contributed by atoms with Crippen LogP contribution in [0.5, 0.6) is 5.88 Å². The minimum atomic E-state index is -5.70. The Kier molecular flexibility index (Phi) is 6.21. The molecule has 2 heterocycles. The fourth-order valence-electron chi connectivity index (χ4n) is 3.21. The van der Waals surface area contributed by atoms with Crippen molar-refractivity contribution < 1.29 is 30.6 Å². The molecule has 1 aliphatic heterocycles. The molecule has 1 aromatic carbocycles. The number of para-hydroxylation sites is 1. The topological polar surface area (TPSA) is 85.4 Å². The summed E-state index contributed by atoms with van der Waals surface area (Å²) in [6.07, 6.45) is 9.82. The number of fused-ring (bicyclic) bond motifs is 2. The molecule has 2 aliphatic rings. The van der Waals surface area contributed by atoms with Gasteiger partial charge in [-0.15, -0.1) is 0 Å². The van der Waals surface area contributed by atoms with Gasteiger partial charge in [0, 0.05) is 23.4 Å². The van der Waals surface area contributed by atoms with E-state index in [1.807, 2.05) is 25.2 Å². The number of nitrogens with one attached hydrogen (secondary N) is 1. The Hall–Kier alpha value is -3.14. The number of allylic oxidation sites excluding steroid dienone is 2. The molecule has 0 saturated heterocycles. The van der Waals surface area contributed by atoms with Gasteiger partial charge in [0.2, 0.25) is 11.8 Å². The molecule has 1 amide bonds. The van der Waals surface area contributed by atoms with Gasteiger partial charge in [-0.3, -0.25) is 4.79 Å². The van der Waals surface area contributed by atoms with E-state index in [1.54, 1.807) is 37.3 Å². The first-order valence-corrected chi connectivity index (χ1v) is 10.6. The van der Waals surface area contributed by atoms with Gasteiger partial charge >= 0.3 is 15.6 Å². The van der Waals surface area contributed by atoms with Gasteiger partial charge in [0.25, 0.3) is 0 Å². The lowest BCUT2D eigenvalue weighted by molar-refractivity contribution is -0.117. The van der Waals surface area contributed by atoms with Crippen molar-refractivity contribution in [3.05, 3.63) is 71.8 Å². The second-order valence-corrected chi connectivity index (χ2v) is 8.53. The maximum absolute atomic E-state index is 12.2. The molecular formula is C21H19F3N2O4S. The van der Waals surface area contributed by atoms with Crippen molar-refractivity contribution in [2.75, 3.05) is 0 Å². The summed E-state index contributed by atoms with van der Waals surface area (Å²) in [5.74, 6) is -0.213. The van der Waals surface area contributed by atoms with Crippen molar-refractivity contribution >= 4 is 26.9 Å². The summed E-state index contributed by atoms with van der Waals surface area (Å²) >= 11 is 0. The lowest BCUT2D eigenvalue weighted by Gasteiger charge is -2.29. The highest BCUT2D eigenvalue weighted by Crippen LogP contribution is 2.28. The molecule has 1 aliphatic carbocycles. The lowest BCUT2D eigenvalue weighted by Crippen LogP contribution is -2.42. The van der Waals surface area contributed by atoms with E-state index in [-0.39, 0.29) is 11.9 Å². The van der Waals surface area contributed by atoms with E-state index in [0.717, 1.165) is 11.6 Å². The number of carbonyl (C=O) groups is 1. The summed E-state index contributed by atoms with van der Waals surface area (Å²) in [6, 6.07) is 7.97. The number of aryl methyl sites for hydroxylation is 1. The number of nitrogens with zero attached hydrogens (tertiary/aromatic N) is 1. The average molecular weight is 452 g/mol. The van der Waals surface area contributed by atoms with Crippen LogP contribution in [0.3, 0.4) is 0 Å². The number of hydrogen-bond donors (Lipinski definition) is 1. The maximum atomic E-state index is 12.2. The molecule has 2 unspecified atom stereocenters. The van der Waals surface area contributed by atoms with Crippen molar-refractivity contribution in [2.24, 2.45) is 5.92 Å². The molecule has 2 aromatic rings. The Balaban J connectivity index is 0.000000194. The minimum Gasteiger partial charge on any atom is -0.355 e. The van der Waals surface area contributed by atoms with Gasteiger partial charge in [0.15, 0.2) is 0 Å². The Morgan fingerprint density at radius 1 is 1.10 bits per heavy atom. The van der Waals surface area contributed by atoms with E-state index in [9.17, 15) is 26.4 Å². The normalized spacial score (nSPS) is 20.3. The number of pyridine rings is 1. The van der Waals surface area contributed by atoms with E-state index in [1.165, 1.54) is 0 Å². The maximum Gasteiger partial charge on any atom is 0.534 e. The van der Waals surface area contributed by atoms with Gasteiger partial charge in [-0.2, -0.15) is 21.6 Å². The SMILES string of the molecule is CC1=CC(=O)NC2C=CC=CC12.Cc1cc(OS(=O)(=O)C(F)(F)F)nc2ccccc12. The van der Waals surface area contributed by atoms with Crippen molar-refractivity contribution in [1.82, 2.24) is 10.3 Å². The number of amides is 1. The number of halogens is 3. The second-order valence-electron chi connectivity index (χ2n) is 7.00. The number of carbonyl (C=O) groups excluding carboxylic acids is 1. The van der Waals surface area contributed by atoms with Crippen molar-refractivity contribution in [1.29, 1.82) is 0 Å². The quantitative estimate of drug-likeness (QED) is 0.551. The summed E-state index contributed by atoms with van der Waals surface area (Å²) < 4.78 is 62.3. The van der Waals surface area contributed by atoms with Crippen LogP contribution in [-0.2, 0) is 14.9 Å². The molecule has 6 nitrogen and oxygen atoms in total. The number of aromatic nitrogens is 1. The van der Waals surface area contributed by atoms with Gasteiger partial charge in [0.05, 0.1) is 11.6 Å². The predicted octanol–water partition coefficient (Wildman–Crippen LogP) is 3.94. The molecule has 31 heavy (non-hydrogen) atoms. The Morgan fingerprint density at radius 2 is 1.77 bits per heavy atom. The smallest absolute Gasteiger partial charge is 0.355 e. The number of hydrogen-bond acceptors (Lipinski definition) is 5. The van der Waals surface area contributed by atoms with Gasteiger partial charge < -0.3 is 9.50 Å². The van der Waals surface area contributed by atoms with Gasteiger partial charge in [-0.05, 0) is 25.5 Å². The molecule has 4 rings (SSSR count). The van der Waals surface area contributed by atoms with E-state index < -0.39 is 21.5 Å². The highest BCUT2D eigenvalue weighted by molar-refractivity contribution is 7.87. The zero-order valence-electron chi connectivity index (χ0n) is 16.6. The monoisotopic (exact) mass is 452 g/mol. The van der Waals surface area contributed by atoms with Crippen molar-refractivity contribution in [3.63, 3.8) is 0 Å². The van der Waals surface area contributed by atoms with Crippen LogP contribution in [0.15, 0.2) is 66.3 Å². The zero-order chi connectivity index (χ0) is 22.8. The molecule has 0 saturated carbocycles. The molecule has 164 valence electrons. The van der Waals surface area contributed by atoms with Crippen LogP contribution in [0.2, 0.25) is 0 Å². The highest BCUT2D eigenvalue weighted by Gasteiger charge is 2.48. The Labute approximate surface area is 177 Å². The molecule has 0 fully saturated rings. The average Bonchev–Trinajstić information content (AvgIpc) is 2.67. The summed E-state index contributed by atoms with van der Waals surface area (Å²) in [5, 5.41) is 3.60. The molecule has 10 heteroatoms.